The van der Waals surface area contributed by atoms with E-state index in [1.54, 1.807) is 4.68 Å². The van der Waals surface area contributed by atoms with Crippen molar-refractivity contribution in [1.29, 1.82) is 0 Å². The van der Waals surface area contributed by atoms with Crippen LogP contribution in [0.3, 0.4) is 0 Å². The van der Waals surface area contributed by atoms with Gasteiger partial charge < -0.3 is 5.32 Å². The smallest absolute Gasteiger partial charge is 0.262 e. The molecule has 130 valence electrons. The predicted molar refractivity (Wildman–Crippen MR) is 88.9 cm³/mol. The summed E-state index contributed by atoms with van der Waals surface area (Å²) < 4.78 is 27.9. The molecule has 1 atom stereocenters. The molecule has 1 amide bonds. The molecule has 8 heteroatoms. The molecule has 1 aliphatic rings. The summed E-state index contributed by atoms with van der Waals surface area (Å²) in [5.74, 6) is -3.18. The largest absolute Gasteiger partial charge is 0.354 e. The summed E-state index contributed by atoms with van der Waals surface area (Å²) in [6.07, 6.45) is 1.96. The number of hydrogen-bond acceptors (Lipinski definition) is 3. The van der Waals surface area contributed by atoms with Gasteiger partial charge in [-0.2, -0.15) is 5.10 Å². The molecule has 5 nitrogen and oxygen atoms in total. The van der Waals surface area contributed by atoms with E-state index < -0.39 is 24.9 Å². The summed E-state index contributed by atoms with van der Waals surface area (Å²) in [4.78, 5) is 11.8. The number of amides is 1. The zero-order chi connectivity index (χ0) is 16.3. The number of hydrogen-bond donors (Lipinski definition) is 2. The fourth-order valence-corrected chi connectivity index (χ4v) is 2.56. The van der Waals surface area contributed by atoms with Gasteiger partial charge in [-0.05, 0) is 18.2 Å². The van der Waals surface area contributed by atoms with E-state index >= 15 is 0 Å². The van der Waals surface area contributed by atoms with Gasteiger partial charge in [-0.25, -0.2) is 13.5 Å². The van der Waals surface area contributed by atoms with Crippen molar-refractivity contribution in [2.24, 2.45) is 0 Å². The lowest BCUT2D eigenvalue weighted by atomic mass is 10.2. The van der Waals surface area contributed by atoms with E-state index in [9.17, 15) is 13.6 Å². The van der Waals surface area contributed by atoms with E-state index in [0.29, 0.717) is 13.0 Å². The van der Waals surface area contributed by atoms with Gasteiger partial charge in [-0.3, -0.25) is 10.1 Å². The number of para-hydroxylation sites is 1. The van der Waals surface area contributed by atoms with Crippen LogP contribution in [0.25, 0.3) is 5.69 Å². The first-order valence-corrected chi connectivity index (χ1v) is 7.52. The summed E-state index contributed by atoms with van der Waals surface area (Å²) in [6.45, 7) is -0.0685. The Morgan fingerprint density at radius 3 is 2.75 bits per heavy atom. The highest BCUT2D eigenvalue weighted by Crippen LogP contribution is 2.24. The second-order valence-corrected chi connectivity index (χ2v) is 5.62. The van der Waals surface area contributed by atoms with Gasteiger partial charge in [0.1, 0.15) is 0 Å². The molecule has 0 radical (unpaired) electrons. The van der Waals surface area contributed by atoms with Gasteiger partial charge in [0.15, 0.2) is 0 Å². The molecule has 0 spiro atoms. The highest BCUT2D eigenvalue weighted by Gasteiger charge is 2.42. The Morgan fingerprint density at radius 2 is 2.08 bits per heavy atom. The van der Waals surface area contributed by atoms with Gasteiger partial charge >= 0.3 is 0 Å². The molecule has 1 saturated heterocycles. The lowest BCUT2D eigenvalue weighted by molar-refractivity contribution is -0.123. The summed E-state index contributed by atoms with van der Waals surface area (Å²) >= 11 is 0. The third kappa shape index (κ3) is 4.52. The molecule has 0 aliphatic carbocycles. The molecule has 2 heterocycles. The topological polar surface area (TPSA) is 59.0 Å². The highest BCUT2D eigenvalue weighted by molar-refractivity contribution is 5.85. The zero-order valence-electron chi connectivity index (χ0n) is 12.9. The van der Waals surface area contributed by atoms with E-state index in [0.717, 1.165) is 11.4 Å². The van der Waals surface area contributed by atoms with Crippen molar-refractivity contribution in [3.8, 4) is 5.69 Å². The van der Waals surface area contributed by atoms with Crippen LogP contribution < -0.4 is 10.6 Å². The molecule has 2 aromatic rings. The second-order valence-electron chi connectivity index (χ2n) is 5.62. The fourth-order valence-electron chi connectivity index (χ4n) is 2.56. The average molecular weight is 357 g/mol. The third-order valence-corrected chi connectivity index (χ3v) is 3.77. The van der Waals surface area contributed by atoms with Crippen LogP contribution in [0.5, 0.6) is 0 Å². The Hall–Kier alpha value is -1.99. The first-order chi connectivity index (χ1) is 11.0. The molecule has 3 rings (SSSR count). The highest BCUT2D eigenvalue weighted by atomic mass is 35.5. The molecular weight excluding hydrogens is 338 g/mol. The molecule has 1 fully saturated rings. The van der Waals surface area contributed by atoms with Gasteiger partial charge in [-0.15, -0.1) is 12.4 Å². The number of nitrogens with one attached hydrogen (secondary N) is 2. The molecule has 2 N–H and O–H groups in total. The quantitative estimate of drug-likeness (QED) is 0.861. The Balaban J connectivity index is 0.00000208. The first-order valence-electron chi connectivity index (χ1n) is 7.52. The van der Waals surface area contributed by atoms with Gasteiger partial charge in [-0.1, -0.05) is 18.2 Å². The molecule has 1 aliphatic heterocycles. The number of aromatic nitrogens is 2. The molecule has 24 heavy (non-hydrogen) atoms. The van der Waals surface area contributed by atoms with E-state index in [2.05, 4.69) is 15.7 Å². The van der Waals surface area contributed by atoms with Crippen LogP contribution >= 0.6 is 12.4 Å². The minimum absolute atomic E-state index is 0. The normalized spacial score (nSPS) is 18.8. The fraction of sp³-hybridized carbons (Fsp3) is 0.375. The van der Waals surface area contributed by atoms with Crippen LogP contribution in [0.2, 0.25) is 0 Å². The van der Waals surface area contributed by atoms with Gasteiger partial charge in [0.2, 0.25) is 5.91 Å². The molecular formula is C16H19ClF2N4O. The maximum Gasteiger partial charge on any atom is 0.262 e. The summed E-state index contributed by atoms with van der Waals surface area (Å²) in [5, 5.41) is 9.64. The van der Waals surface area contributed by atoms with Crippen molar-refractivity contribution in [2.45, 2.75) is 24.8 Å². The zero-order valence-corrected chi connectivity index (χ0v) is 13.7. The maximum atomic E-state index is 13.1. The van der Waals surface area contributed by atoms with Crippen molar-refractivity contribution in [3.63, 3.8) is 0 Å². The van der Waals surface area contributed by atoms with Crippen LogP contribution in [-0.4, -0.2) is 40.7 Å². The SMILES string of the molecule is Cl.O=C(NCCc1ccn(-c2ccccc2)n1)C1CC(F)(F)CN1. The van der Waals surface area contributed by atoms with Gasteiger partial charge in [0, 0.05) is 25.6 Å². The maximum absolute atomic E-state index is 13.1. The van der Waals surface area contributed by atoms with Crippen molar-refractivity contribution in [1.82, 2.24) is 20.4 Å². The Morgan fingerprint density at radius 1 is 1.33 bits per heavy atom. The van der Waals surface area contributed by atoms with E-state index in [1.807, 2.05) is 42.6 Å². The molecule has 0 saturated carbocycles. The van der Waals surface area contributed by atoms with Gasteiger partial charge in [0.25, 0.3) is 5.92 Å². The lowest BCUT2D eigenvalue weighted by Crippen LogP contribution is -2.41. The van der Waals surface area contributed by atoms with Crippen molar-refractivity contribution in [2.75, 3.05) is 13.1 Å². The minimum atomic E-state index is -2.80. The number of halogens is 3. The minimum Gasteiger partial charge on any atom is -0.354 e. The molecule has 1 aromatic heterocycles. The number of nitrogens with zero attached hydrogens (tertiary/aromatic N) is 2. The van der Waals surface area contributed by atoms with Crippen LogP contribution in [0.15, 0.2) is 42.6 Å². The van der Waals surface area contributed by atoms with Crippen LogP contribution in [0, 0.1) is 0 Å². The van der Waals surface area contributed by atoms with Crippen LogP contribution in [0.1, 0.15) is 12.1 Å². The Kier molecular flexibility index (Phi) is 5.90. The molecule has 1 unspecified atom stereocenters. The summed E-state index contributed by atoms with van der Waals surface area (Å²) in [7, 11) is 0. The number of rotatable bonds is 5. The Labute approximate surface area is 144 Å². The molecule has 0 bridgehead atoms. The van der Waals surface area contributed by atoms with E-state index in [4.69, 9.17) is 0 Å². The van der Waals surface area contributed by atoms with Crippen molar-refractivity contribution in [3.05, 3.63) is 48.3 Å². The summed E-state index contributed by atoms with van der Waals surface area (Å²) in [6, 6.07) is 10.8. The Bertz CT molecular complexity index is 678. The number of alkyl halides is 2. The summed E-state index contributed by atoms with van der Waals surface area (Å²) in [5.41, 5.74) is 1.79. The van der Waals surface area contributed by atoms with Crippen molar-refractivity contribution >= 4 is 18.3 Å². The third-order valence-electron chi connectivity index (χ3n) is 3.77. The second kappa shape index (κ2) is 7.72. The van der Waals surface area contributed by atoms with E-state index in [-0.39, 0.29) is 18.3 Å². The monoisotopic (exact) mass is 356 g/mol. The lowest BCUT2D eigenvalue weighted by Gasteiger charge is -2.10. The number of benzene rings is 1. The number of carbonyl (C=O) groups excluding carboxylic acids is 1. The van der Waals surface area contributed by atoms with Crippen LogP contribution in [-0.2, 0) is 11.2 Å². The van der Waals surface area contributed by atoms with Crippen LogP contribution in [0.4, 0.5) is 8.78 Å². The van der Waals surface area contributed by atoms with E-state index in [1.165, 1.54) is 0 Å². The van der Waals surface area contributed by atoms with Gasteiger partial charge in [0.05, 0.1) is 24.0 Å². The first kappa shape index (κ1) is 18.4. The predicted octanol–water partition coefficient (Wildman–Crippen LogP) is 1.95. The van der Waals surface area contributed by atoms with Crippen molar-refractivity contribution < 1.29 is 13.6 Å². The average Bonchev–Trinajstić information content (AvgIpc) is 3.14. The standard InChI is InChI=1S/C16H18F2N4O.ClH/c17-16(18)10-14(20-11-16)15(23)19-8-6-12-7-9-22(21-12)13-4-2-1-3-5-13;/h1-5,7,9,14,20H,6,8,10-11H2,(H,19,23);1H. The number of carbonyl (C=O) groups is 1. The molecule has 1 aromatic carbocycles.